The molecule has 0 radical (unpaired) electrons. The fraction of sp³-hybridized carbons (Fsp3) is 0.400. The molecule has 28 heavy (non-hydrogen) atoms. The number of hydrogen-bond acceptors (Lipinski definition) is 6. The van der Waals surface area contributed by atoms with Crippen molar-refractivity contribution < 1.29 is 19.1 Å². The Hall–Kier alpha value is -2.61. The monoisotopic (exact) mass is 401 g/mol. The number of hydrogen-bond donors (Lipinski definition) is 2. The van der Waals surface area contributed by atoms with Gasteiger partial charge in [0, 0.05) is 11.4 Å². The topological polar surface area (TPSA) is 97.4 Å². The molecule has 0 aliphatic heterocycles. The van der Waals surface area contributed by atoms with Crippen LogP contribution in [-0.4, -0.2) is 41.3 Å². The van der Waals surface area contributed by atoms with Crippen molar-refractivity contribution in [2.45, 2.75) is 43.7 Å². The van der Waals surface area contributed by atoms with E-state index in [0.29, 0.717) is 5.03 Å². The molecule has 2 aromatic rings. The predicted molar refractivity (Wildman–Crippen MR) is 107 cm³/mol. The van der Waals surface area contributed by atoms with E-state index in [0.717, 1.165) is 42.1 Å². The normalized spacial score (nSPS) is 14.0. The summed E-state index contributed by atoms with van der Waals surface area (Å²) in [6.45, 7) is 1.51. The summed E-state index contributed by atoms with van der Waals surface area (Å²) < 4.78 is 4.93. The van der Waals surface area contributed by atoms with Crippen LogP contribution in [0.1, 0.15) is 31.2 Å². The highest BCUT2D eigenvalue weighted by atomic mass is 32.2. The van der Waals surface area contributed by atoms with Gasteiger partial charge in [0.25, 0.3) is 5.91 Å². The number of nitrogens with one attached hydrogen (secondary N) is 2. The average molecular weight is 401 g/mol. The highest BCUT2D eigenvalue weighted by Gasteiger charge is 2.18. The van der Waals surface area contributed by atoms with E-state index in [1.807, 2.05) is 37.3 Å². The van der Waals surface area contributed by atoms with Crippen molar-refractivity contribution in [3.63, 3.8) is 0 Å². The van der Waals surface area contributed by atoms with Crippen LogP contribution in [0.3, 0.4) is 0 Å². The third kappa shape index (κ3) is 5.69. The van der Waals surface area contributed by atoms with Gasteiger partial charge in [-0.15, -0.1) is 0 Å². The number of carbonyl (C=O) groups excluding carboxylic acids is 3. The third-order valence-electron chi connectivity index (χ3n) is 4.55. The molecule has 1 saturated carbocycles. The largest absolute Gasteiger partial charge is 0.455 e. The zero-order chi connectivity index (χ0) is 19.9. The molecule has 1 aliphatic rings. The summed E-state index contributed by atoms with van der Waals surface area (Å²) in [6, 6.07) is 9.29. The Bertz CT molecular complexity index is 881. The van der Waals surface area contributed by atoms with Gasteiger partial charge in [-0.3, -0.25) is 14.9 Å². The van der Waals surface area contributed by atoms with Gasteiger partial charge in [-0.05, 0) is 37.5 Å². The lowest BCUT2D eigenvalue weighted by Crippen LogP contribution is -2.45. The van der Waals surface area contributed by atoms with Crippen molar-refractivity contribution in [3.8, 4) is 0 Å². The van der Waals surface area contributed by atoms with E-state index >= 15 is 0 Å². The van der Waals surface area contributed by atoms with Gasteiger partial charge in [0.2, 0.25) is 0 Å². The number of ether oxygens (including phenoxy) is 1. The first kappa shape index (κ1) is 20.1. The van der Waals surface area contributed by atoms with E-state index in [-0.39, 0.29) is 11.8 Å². The summed E-state index contributed by atoms with van der Waals surface area (Å²) in [6.07, 6.45) is 4.02. The van der Waals surface area contributed by atoms with Crippen LogP contribution in [0, 0.1) is 6.92 Å². The van der Waals surface area contributed by atoms with Crippen LogP contribution in [0.15, 0.2) is 35.4 Å². The number of aromatic nitrogens is 1. The number of carbonyl (C=O) groups is 3. The lowest BCUT2D eigenvalue weighted by Gasteiger charge is -2.12. The molecular weight excluding hydrogens is 378 g/mol. The number of para-hydroxylation sites is 1. The van der Waals surface area contributed by atoms with Gasteiger partial charge in [-0.25, -0.2) is 9.78 Å². The number of esters is 1. The van der Waals surface area contributed by atoms with Crippen LogP contribution in [-0.2, 0) is 14.3 Å². The number of thioether (sulfide) groups is 1. The molecule has 0 saturated heterocycles. The molecule has 8 heteroatoms. The Morgan fingerprint density at radius 3 is 2.75 bits per heavy atom. The van der Waals surface area contributed by atoms with Crippen LogP contribution < -0.4 is 10.6 Å². The second-order valence-corrected chi connectivity index (χ2v) is 7.74. The van der Waals surface area contributed by atoms with E-state index in [4.69, 9.17) is 4.74 Å². The van der Waals surface area contributed by atoms with E-state index in [9.17, 15) is 14.4 Å². The Kier molecular flexibility index (Phi) is 6.86. The van der Waals surface area contributed by atoms with Crippen LogP contribution in [0.5, 0.6) is 0 Å². The summed E-state index contributed by atoms with van der Waals surface area (Å²) in [5.41, 5.74) is 1.94. The average Bonchev–Trinajstić information content (AvgIpc) is 3.17. The first-order valence-electron chi connectivity index (χ1n) is 9.26. The van der Waals surface area contributed by atoms with Gasteiger partial charge in [0.15, 0.2) is 6.61 Å². The van der Waals surface area contributed by atoms with Crippen molar-refractivity contribution in [3.05, 3.63) is 35.9 Å². The van der Waals surface area contributed by atoms with Gasteiger partial charge >= 0.3 is 12.0 Å². The molecule has 0 spiro atoms. The molecule has 2 N–H and O–H groups in total. The van der Waals surface area contributed by atoms with Crippen molar-refractivity contribution in [2.75, 3.05) is 12.4 Å². The molecule has 1 aromatic heterocycles. The molecule has 0 bridgehead atoms. The molecular formula is C20H23N3O4S. The maximum absolute atomic E-state index is 11.9. The Morgan fingerprint density at radius 1 is 1.21 bits per heavy atom. The van der Waals surface area contributed by atoms with Crippen molar-refractivity contribution >= 4 is 40.6 Å². The third-order valence-corrected chi connectivity index (χ3v) is 5.43. The first-order chi connectivity index (χ1) is 13.5. The number of imide groups is 1. The maximum Gasteiger partial charge on any atom is 0.321 e. The zero-order valence-corrected chi connectivity index (χ0v) is 16.5. The molecule has 0 atom stereocenters. The summed E-state index contributed by atoms with van der Waals surface area (Å²) in [7, 11) is 0. The second-order valence-electron chi connectivity index (χ2n) is 6.75. The highest BCUT2D eigenvalue weighted by molar-refractivity contribution is 7.99. The molecule has 1 heterocycles. The minimum atomic E-state index is -0.645. The number of rotatable bonds is 6. The van der Waals surface area contributed by atoms with Crippen LogP contribution >= 0.6 is 11.8 Å². The maximum atomic E-state index is 11.9. The quantitative estimate of drug-likeness (QED) is 0.571. The van der Waals surface area contributed by atoms with Gasteiger partial charge in [0.05, 0.1) is 16.3 Å². The molecule has 148 valence electrons. The predicted octanol–water partition coefficient (Wildman–Crippen LogP) is 2.95. The minimum Gasteiger partial charge on any atom is -0.455 e. The van der Waals surface area contributed by atoms with E-state index < -0.39 is 24.5 Å². The minimum absolute atomic E-state index is 0.0341. The Morgan fingerprint density at radius 2 is 1.96 bits per heavy atom. The lowest BCUT2D eigenvalue weighted by molar-refractivity contribution is -0.145. The number of nitrogens with zero attached hydrogens (tertiary/aromatic N) is 1. The standard InChI is InChI=1S/C20H23N3O4S/c1-13-10-18(22-16-9-5-4-8-15(13)16)28-12-19(25)27-11-17(24)23-20(26)21-14-6-2-3-7-14/h4-5,8-10,14H,2-3,6-7,11-12H2,1H3,(H2,21,23,24,26). The van der Waals surface area contributed by atoms with Crippen molar-refractivity contribution in [1.29, 1.82) is 0 Å². The zero-order valence-electron chi connectivity index (χ0n) is 15.7. The summed E-state index contributed by atoms with van der Waals surface area (Å²) >= 11 is 1.25. The van der Waals surface area contributed by atoms with Gasteiger partial charge in [-0.2, -0.15) is 0 Å². The summed E-state index contributed by atoms with van der Waals surface area (Å²) in [4.78, 5) is 39.8. The molecule has 1 fully saturated rings. The molecule has 3 rings (SSSR count). The summed E-state index contributed by atoms with van der Waals surface area (Å²) in [5, 5.41) is 6.71. The Labute approximate surface area is 167 Å². The van der Waals surface area contributed by atoms with E-state index in [1.165, 1.54) is 11.8 Å². The molecule has 1 aliphatic carbocycles. The van der Waals surface area contributed by atoms with E-state index in [2.05, 4.69) is 15.6 Å². The van der Waals surface area contributed by atoms with Crippen molar-refractivity contribution in [2.24, 2.45) is 0 Å². The van der Waals surface area contributed by atoms with Crippen LogP contribution in [0.4, 0.5) is 4.79 Å². The first-order valence-corrected chi connectivity index (χ1v) is 10.2. The fourth-order valence-electron chi connectivity index (χ4n) is 3.17. The van der Waals surface area contributed by atoms with Gasteiger partial charge < -0.3 is 10.1 Å². The SMILES string of the molecule is Cc1cc(SCC(=O)OCC(=O)NC(=O)NC2CCCC2)nc2ccccc12. The molecule has 0 unspecified atom stereocenters. The Balaban J connectivity index is 1.40. The van der Waals surface area contributed by atoms with E-state index in [1.54, 1.807) is 0 Å². The van der Waals surface area contributed by atoms with Crippen molar-refractivity contribution in [1.82, 2.24) is 15.6 Å². The van der Waals surface area contributed by atoms with Gasteiger partial charge in [0.1, 0.15) is 0 Å². The molecule has 1 aromatic carbocycles. The summed E-state index contributed by atoms with van der Waals surface area (Å²) in [5.74, 6) is -1.15. The fourth-order valence-corrected chi connectivity index (χ4v) is 3.94. The number of benzene rings is 1. The molecule has 7 nitrogen and oxygen atoms in total. The number of urea groups is 1. The number of fused-ring (bicyclic) bond motifs is 1. The van der Waals surface area contributed by atoms with Crippen LogP contribution in [0.25, 0.3) is 10.9 Å². The lowest BCUT2D eigenvalue weighted by atomic mass is 10.1. The second kappa shape index (κ2) is 9.54. The number of pyridine rings is 1. The van der Waals surface area contributed by atoms with Crippen LogP contribution in [0.2, 0.25) is 0 Å². The number of amides is 3. The highest BCUT2D eigenvalue weighted by Crippen LogP contribution is 2.23. The smallest absolute Gasteiger partial charge is 0.321 e. The molecule has 3 amide bonds. The van der Waals surface area contributed by atoms with Gasteiger partial charge in [-0.1, -0.05) is 42.8 Å². The number of aryl methyl sites for hydroxylation is 1.